The van der Waals surface area contributed by atoms with Crippen LogP contribution in [-0.2, 0) is 14.3 Å². The Morgan fingerprint density at radius 3 is 2.63 bits per heavy atom. The van der Waals surface area contributed by atoms with Crippen molar-refractivity contribution >= 4 is 50.9 Å². The summed E-state index contributed by atoms with van der Waals surface area (Å²) < 4.78 is 7.12. The fourth-order valence-corrected chi connectivity index (χ4v) is 4.56. The zero-order chi connectivity index (χ0) is 19.5. The molecular formula is C20H28N2O3S2. The molecule has 148 valence electrons. The number of thiazole rings is 1. The minimum Gasteiger partial charge on any atom is -0.465 e. The molecule has 1 N–H and O–H groups in total. The van der Waals surface area contributed by atoms with Crippen LogP contribution >= 0.6 is 23.1 Å². The number of esters is 1. The van der Waals surface area contributed by atoms with Gasteiger partial charge in [-0.25, -0.2) is 4.98 Å². The second kappa shape index (κ2) is 12.0. The van der Waals surface area contributed by atoms with E-state index in [-0.39, 0.29) is 17.6 Å². The maximum absolute atomic E-state index is 11.9. The van der Waals surface area contributed by atoms with E-state index in [1.165, 1.54) is 62.1 Å². The number of rotatable bonds is 12. The van der Waals surface area contributed by atoms with Crippen molar-refractivity contribution < 1.29 is 14.3 Å². The first-order valence-electron chi connectivity index (χ1n) is 9.55. The van der Waals surface area contributed by atoms with Crippen molar-refractivity contribution in [3.8, 4) is 0 Å². The van der Waals surface area contributed by atoms with Crippen molar-refractivity contribution in [2.45, 2.75) is 63.1 Å². The standard InChI is InChI=1S/C20H28N2O3S2/c1-3-4-5-6-7-8-9-12-25-19(24)14-26-20-22-17-11-10-16(21-15(2)23)13-18(17)27-20/h10-11,13H,3-9,12,14H2,1-2H3,(H,21,23). The van der Waals surface area contributed by atoms with E-state index < -0.39 is 0 Å². The van der Waals surface area contributed by atoms with Crippen molar-refractivity contribution in [3.05, 3.63) is 18.2 Å². The number of ether oxygens (including phenoxy) is 1. The number of benzene rings is 1. The second-order valence-electron chi connectivity index (χ2n) is 6.47. The van der Waals surface area contributed by atoms with Crippen LogP contribution in [0.3, 0.4) is 0 Å². The summed E-state index contributed by atoms with van der Waals surface area (Å²) in [4.78, 5) is 27.5. The molecule has 1 aromatic carbocycles. The molecule has 0 aliphatic carbocycles. The van der Waals surface area contributed by atoms with Crippen LogP contribution in [-0.4, -0.2) is 29.2 Å². The van der Waals surface area contributed by atoms with Gasteiger partial charge in [-0.3, -0.25) is 9.59 Å². The normalized spacial score (nSPS) is 10.9. The average Bonchev–Trinajstić information content (AvgIpc) is 3.04. The van der Waals surface area contributed by atoms with E-state index in [0.29, 0.717) is 6.61 Å². The van der Waals surface area contributed by atoms with E-state index in [1.54, 1.807) is 0 Å². The van der Waals surface area contributed by atoms with Crippen LogP contribution in [0.1, 0.15) is 58.8 Å². The number of unbranched alkanes of at least 4 members (excludes halogenated alkanes) is 6. The van der Waals surface area contributed by atoms with Gasteiger partial charge in [0.2, 0.25) is 5.91 Å². The summed E-state index contributed by atoms with van der Waals surface area (Å²) in [7, 11) is 0. The van der Waals surface area contributed by atoms with Gasteiger partial charge in [0.15, 0.2) is 4.34 Å². The van der Waals surface area contributed by atoms with Gasteiger partial charge in [0, 0.05) is 12.6 Å². The van der Waals surface area contributed by atoms with Crippen molar-refractivity contribution in [1.29, 1.82) is 0 Å². The molecule has 5 nitrogen and oxygen atoms in total. The Labute approximate surface area is 169 Å². The number of nitrogens with one attached hydrogen (secondary N) is 1. The van der Waals surface area contributed by atoms with Gasteiger partial charge in [-0.05, 0) is 24.6 Å². The molecule has 7 heteroatoms. The average molecular weight is 409 g/mol. The fourth-order valence-electron chi connectivity index (χ4n) is 2.65. The lowest BCUT2D eigenvalue weighted by Gasteiger charge is -2.04. The molecule has 1 heterocycles. The summed E-state index contributed by atoms with van der Waals surface area (Å²) in [6.07, 6.45) is 8.44. The lowest BCUT2D eigenvalue weighted by molar-refractivity contribution is -0.140. The third-order valence-electron chi connectivity index (χ3n) is 4.01. The number of fused-ring (bicyclic) bond motifs is 1. The highest BCUT2D eigenvalue weighted by molar-refractivity contribution is 8.01. The summed E-state index contributed by atoms with van der Waals surface area (Å²) in [5.74, 6) is -0.0177. The highest BCUT2D eigenvalue weighted by Gasteiger charge is 2.09. The number of carbonyl (C=O) groups is 2. The molecule has 0 saturated carbocycles. The summed E-state index contributed by atoms with van der Waals surface area (Å²) >= 11 is 2.91. The second-order valence-corrected chi connectivity index (χ2v) is 8.73. The van der Waals surface area contributed by atoms with Crippen LogP contribution in [0.4, 0.5) is 5.69 Å². The fraction of sp³-hybridized carbons (Fsp3) is 0.550. The maximum Gasteiger partial charge on any atom is 0.316 e. The quantitative estimate of drug-likeness (QED) is 0.280. The zero-order valence-corrected chi connectivity index (χ0v) is 17.7. The number of hydrogen-bond donors (Lipinski definition) is 1. The van der Waals surface area contributed by atoms with Crippen molar-refractivity contribution in [2.75, 3.05) is 17.7 Å². The first-order valence-corrected chi connectivity index (χ1v) is 11.4. The molecular weight excluding hydrogens is 380 g/mol. The molecule has 2 aromatic rings. The van der Waals surface area contributed by atoms with Crippen LogP contribution in [0.15, 0.2) is 22.5 Å². The van der Waals surface area contributed by atoms with Crippen LogP contribution in [0.5, 0.6) is 0 Å². The largest absolute Gasteiger partial charge is 0.465 e. The Hall–Kier alpha value is -1.60. The molecule has 0 spiro atoms. The highest BCUT2D eigenvalue weighted by Crippen LogP contribution is 2.31. The van der Waals surface area contributed by atoms with E-state index >= 15 is 0 Å². The van der Waals surface area contributed by atoms with Crippen LogP contribution < -0.4 is 5.32 Å². The van der Waals surface area contributed by atoms with Crippen molar-refractivity contribution in [1.82, 2.24) is 4.98 Å². The van der Waals surface area contributed by atoms with E-state index in [1.807, 2.05) is 18.2 Å². The number of nitrogens with zero attached hydrogens (tertiary/aromatic N) is 1. The first-order chi connectivity index (χ1) is 13.1. The summed E-state index contributed by atoms with van der Waals surface area (Å²) in [5.41, 5.74) is 1.62. The summed E-state index contributed by atoms with van der Waals surface area (Å²) in [6, 6.07) is 5.60. The van der Waals surface area contributed by atoms with Gasteiger partial charge in [-0.2, -0.15) is 0 Å². The third-order valence-corrected chi connectivity index (χ3v) is 6.15. The van der Waals surface area contributed by atoms with Gasteiger partial charge < -0.3 is 10.1 Å². The predicted molar refractivity (Wildman–Crippen MR) is 114 cm³/mol. The van der Waals surface area contributed by atoms with Gasteiger partial charge in [0.1, 0.15) is 0 Å². The summed E-state index contributed by atoms with van der Waals surface area (Å²) in [5, 5.41) is 2.76. The van der Waals surface area contributed by atoms with Gasteiger partial charge >= 0.3 is 5.97 Å². The molecule has 0 unspecified atom stereocenters. The van der Waals surface area contributed by atoms with Crippen molar-refractivity contribution in [3.63, 3.8) is 0 Å². The van der Waals surface area contributed by atoms with Crippen LogP contribution in [0, 0.1) is 0 Å². The predicted octanol–water partition coefficient (Wildman–Crippen LogP) is 5.64. The Morgan fingerprint density at radius 1 is 1.15 bits per heavy atom. The molecule has 0 aliphatic heterocycles. The van der Waals surface area contributed by atoms with E-state index in [9.17, 15) is 9.59 Å². The van der Waals surface area contributed by atoms with Crippen LogP contribution in [0.2, 0.25) is 0 Å². The molecule has 0 bridgehead atoms. The number of aromatic nitrogens is 1. The molecule has 27 heavy (non-hydrogen) atoms. The molecule has 0 radical (unpaired) electrons. The number of anilines is 1. The van der Waals surface area contributed by atoms with E-state index in [0.717, 1.165) is 33.1 Å². The van der Waals surface area contributed by atoms with E-state index in [4.69, 9.17) is 4.74 Å². The van der Waals surface area contributed by atoms with E-state index in [2.05, 4.69) is 17.2 Å². The van der Waals surface area contributed by atoms with Gasteiger partial charge in [-0.15, -0.1) is 11.3 Å². The number of thioether (sulfide) groups is 1. The van der Waals surface area contributed by atoms with Crippen LogP contribution in [0.25, 0.3) is 10.2 Å². The molecule has 1 amide bonds. The molecule has 0 fully saturated rings. The number of carbonyl (C=O) groups excluding carboxylic acids is 2. The minimum absolute atomic E-state index is 0.0998. The monoisotopic (exact) mass is 408 g/mol. The highest BCUT2D eigenvalue weighted by atomic mass is 32.2. The van der Waals surface area contributed by atoms with Crippen molar-refractivity contribution in [2.24, 2.45) is 0 Å². The topological polar surface area (TPSA) is 68.3 Å². The van der Waals surface area contributed by atoms with Gasteiger partial charge in [0.25, 0.3) is 0 Å². The number of hydrogen-bond acceptors (Lipinski definition) is 6. The SMILES string of the molecule is CCCCCCCCCOC(=O)CSc1nc2ccc(NC(C)=O)cc2s1. The zero-order valence-electron chi connectivity index (χ0n) is 16.1. The van der Waals surface area contributed by atoms with Gasteiger partial charge in [0.05, 0.1) is 22.6 Å². The lowest BCUT2D eigenvalue weighted by atomic mass is 10.1. The Morgan fingerprint density at radius 2 is 1.89 bits per heavy atom. The molecule has 0 atom stereocenters. The molecule has 0 aliphatic rings. The Bertz CT molecular complexity index is 746. The lowest BCUT2D eigenvalue weighted by Crippen LogP contribution is -2.08. The summed E-state index contributed by atoms with van der Waals surface area (Å²) in [6.45, 7) is 4.21. The number of amides is 1. The molecule has 1 aromatic heterocycles. The minimum atomic E-state index is -0.191. The maximum atomic E-state index is 11.9. The van der Waals surface area contributed by atoms with Gasteiger partial charge in [-0.1, -0.05) is 57.2 Å². The molecule has 0 saturated heterocycles. The smallest absolute Gasteiger partial charge is 0.316 e. The first kappa shape index (κ1) is 21.7. The third kappa shape index (κ3) is 8.30. The Kier molecular flexibility index (Phi) is 9.62. The Balaban J connectivity index is 1.66. The molecule has 2 rings (SSSR count).